The summed E-state index contributed by atoms with van der Waals surface area (Å²) in [6, 6.07) is 13.7. The van der Waals surface area contributed by atoms with Crippen LogP contribution in [0.2, 0.25) is 0 Å². The second kappa shape index (κ2) is 8.30. The zero-order valence-electron chi connectivity index (χ0n) is 17.5. The Morgan fingerprint density at radius 1 is 1.06 bits per heavy atom. The number of carbonyl (C=O) groups is 1. The van der Waals surface area contributed by atoms with Crippen molar-refractivity contribution in [3.8, 4) is 5.69 Å². The van der Waals surface area contributed by atoms with Crippen molar-refractivity contribution < 1.29 is 18.0 Å². The molecule has 170 valence electrons. The highest BCUT2D eigenvalue weighted by Gasteiger charge is 2.38. The summed E-state index contributed by atoms with van der Waals surface area (Å²) in [7, 11) is 0. The Morgan fingerprint density at radius 2 is 1.85 bits per heavy atom. The number of hydrogen-bond donors (Lipinski definition) is 0. The van der Waals surface area contributed by atoms with E-state index in [1.54, 1.807) is 53.4 Å². The summed E-state index contributed by atoms with van der Waals surface area (Å²) in [5.74, 6) is -0.977. The molecule has 1 aliphatic heterocycles. The van der Waals surface area contributed by atoms with E-state index in [1.165, 1.54) is 15.6 Å². The second-order valence-electron chi connectivity index (χ2n) is 8.07. The Morgan fingerprint density at radius 3 is 2.58 bits per heavy atom. The Bertz CT molecular complexity index is 1270. The van der Waals surface area contributed by atoms with Crippen molar-refractivity contribution in [2.24, 2.45) is 5.92 Å². The zero-order chi connectivity index (χ0) is 23.0. The molecule has 8 nitrogen and oxygen atoms in total. The molecule has 0 N–H and O–H groups in total. The molecular weight excluding hydrogens is 435 g/mol. The van der Waals surface area contributed by atoms with Gasteiger partial charge in [-0.1, -0.05) is 18.2 Å². The predicted molar refractivity (Wildman–Crippen MR) is 113 cm³/mol. The van der Waals surface area contributed by atoms with E-state index >= 15 is 0 Å². The van der Waals surface area contributed by atoms with Crippen molar-refractivity contribution >= 4 is 16.9 Å². The van der Waals surface area contributed by atoms with Gasteiger partial charge >= 0.3 is 6.18 Å². The summed E-state index contributed by atoms with van der Waals surface area (Å²) in [5, 5.41) is 11.0. The van der Waals surface area contributed by atoms with E-state index in [0.29, 0.717) is 48.2 Å². The minimum atomic E-state index is -4.53. The Hall–Kier alpha value is -3.76. The summed E-state index contributed by atoms with van der Waals surface area (Å²) < 4.78 is 43.5. The van der Waals surface area contributed by atoms with Gasteiger partial charge in [0.25, 0.3) is 5.91 Å². The fourth-order valence-corrected chi connectivity index (χ4v) is 4.30. The molecule has 0 unspecified atom stereocenters. The molecule has 1 fully saturated rings. The third-order valence-corrected chi connectivity index (χ3v) is 5.96. The van der Waals surface area contributed by atoms with Gasteiger partial charge in [-0.15, -0.1) is 5.10 Å². The number of amides is 1. The SMILES string of the molecule is O=C(c1cccc(-n2cnnn2)c1)N1CCC(Cn2c(C(F)(F)F)nc3ccccc32)CC1. The number of para-hydroxylation sites is 2. The number of tetrazole rings is 1. The lowest BCUT2D eigenvalue weighted by Crippen LogP contribution is -2.39. The molecule has 0 radical (unpaired) electrons. The van der Waals surface area contributed by atoms with Crippen LogP contribution in [0.3, 0.4) is 0 Å². The quantitative estimate of drug-likeness (QED) is 0.470. The van der Waals surface area contributed by atoms with Crippen LogP contribution < -0.4 is 0 Å². The van der Waals surface area contributed by atoms with Crippen LogP contribution in [0.5, 0.6) is 0 Å². The number of aromatic nitrogens is 6. The van der Waals surface area contributed by atoms with E-state index in [4.69, 9.17) is 0 Å². The highest BCUT2D eigenvalue weighted by atomic mass is 19.4. The number of likely N-dealkylation sites (tertiary alicyclic amines) is 1. The highest BCUT2D eigenvalue weighted by molar-refractivity contribution is 5.94. The van der Waals surface area contributed by atoms with Crippen molar-refractivity contribution in [3.05, 3.63) is 66.2 Å². The average molecular weight is 455 g/mol. The molecule has 4 aromatic rings. The lowest BCUT2D eigenvalue weighted by atomic mass is 9.96. The smallest absolute Gasteiger partial charge is 0.339 e. The maximum absolute atomic E-state index is 13.6. The monoisotopic (exact) mass is 455 g/mol. The van der Waals surface area contributed by atoms with Crippen LogP contribution in [0, 0.1) is 5.92 Å². The van der Waals surface area contributed by atoms with Crippen molar-refractivity contribution in [1.29, 1.82) is 0 Å². The first-order valence-electron chi connectivity index (χ1n) is 10.6. The molecular formula is C22H20F3N7O. The molecule has 11 heteroatoms. The van der Waals surface area contributed by atoms with Gasteiger partial charge in [0, 0.05) is 25.2 Å². The van der Waals surface area contributed by atoms with E-state index in [-0.39, 0.29) is 18.4 Å². The van der Waals surface area contributed by atoms with Crippen LogP contribution in [0.4, 0.5) is 13.2 Å². The van der Waals surface area contributed by atoms with E-state index in [0.717, 1.165) is 0 Å². The van der Waals surface area contributed by atoms with E-state index in [9.17, 15) is 18.0 Å². The molecule has 0 spiro atoms. The number of benzene rings is 2. The number of fused-ring (bicyclic) bond motifs is 1. The molecule has 1 amide bonds. The maximum Gasteiger partial charge on any atom is 0.449 e. The zero-order valence-corrected chi connectivity index (χ0v) is 17.5. The predicted octanol–water partition coefficient (Wildman–Crippen LogP) is 3.58. The first-order chi connectivity index (χ1) is 15.9. The van der Waals surface area contributed by atoms with Crippen molar-refractivity contribution in [3.63, 3.8) is 0 Å². The molecule has 1 aliphatic rings. The van der Waals surface area contributed by atoms with Crippen LogP contribution in [0.15, 0.2) is 54.9 Å². The number of nitrogens with zero attached hydrogens (tertiary/aromatic N) is 7. The standard InChI is InChI=1S/C22H20F3N7O/c23-22(24,25)21-27-18-6-1-2-7-19(18)31(21)13-15-8-10-30(11-9-15)20(33)16-4-3-5-17(12-16)32-14-26-28-29-32/h1-7,12,14-15H,8-11,13H2. The van der Waals surface area contributed by atoms with Gasteiger partial charge in [0.2, 0.25) is 5.82 Å². The normalized spacial score (nSPS) is 15.3. The van der Waals surface area contributed by atoms with Gasteiger partial charge in [0.15, 0.2) is 0 Å². The number of halogens is 3. The van der Waals surface area contributed by atoms with Crippen molar-refractivity contribution in [2.45, 2.75) is 25.6 Å². The Kier molecular flexibility index (Phi) is 5.31. The highest BCUT2D eigenvalue weighted by Crippen LogP contribution is 2.33. The fraction of sp³-hybridized carbons (Fsp3) is 0.318. The van der Waals surface area contributed by atoms with Gasteiger partial charge in [-0.3, -0.25) is 4.79 Å². The van der Waals surface area contributed by atoms with Crippen LogP contribution in [-0.2, 0) is 12.7 Å². The molecule has 5 rings (SSSR count). The molecule has 33 heavy (non-hydrogen) atoms. The van der Waals surface area contributed by atoms with Gasteiger partial charge in [-0.2, -0.15) is 13.2 Å². The minimum Gasteiger partial charge on any atom is -0.339 e. The molecule has 0 saturated carbocycles. The first kappa shape index (κ1) is 21.1. The molecule has 0 bridgehead atoms. The fourth-order valence-electron chi connectivity index (χ4n) is 4.30. The lowest BCUT2D eigenvalue weighted by molar-refractivity contribution is -0.147. The number of rotatable bonds is 4. The van der Waals surface area contributed by atoms with Gasteiger partial charge < -0.3 is 9.47 Å². The molecule has 2 aromatic carbocycles. The van der Waals surface area contributed by atoms with Gasteiger partial charge in [-0.05, 0) is 59.5 Å². The summed E-state index contributed by atoms with van der Waals surface area (Å²) in [6.07, 6.45) is -1.85. The number of carbonyl (C=O) groups excluding carboxylic acids is 1. The van der Waals surface area contributed by atoms with Gasteiger partial charge in [0.05, 0.1) is 16.7 Å². The van der Waals surface area contributed by atoms with Gasteiger partial charge in [0.1, 0.15) is 6.33 Å². The Labute approximate surface area is 186 Å². The molecule has 2 aromatic heterocycles. The van der Waals surface area contributed by atoms with Crippen molar-refractivity contribution in [1.82, 2.24) is 34.7 Å². The van der Waals surface area contributed by atoms with E-state index in [1.807, 2.05) is 0 Å². The third kappa shape index (κ3) is 4.18. The summed E-state index contributed by atoms with van der Waals surface area (Å²) in [4.78, 5) is 18.6. The summed E-state index contributed by atoms with van der Waals surface area (Å²) in [6.45, 7) is 1.17. The average Bonchev–Trinajstić information content (AvgIpc) is 3.48. The maximum atomic E-state index is 13.6. The van der Waals surface area contributed by atoms with E-state index < -0.39 is 12.0 Å². The van der Waals surface area contributed by atoms with Gasteiger partial charge in [-0.25, -0.2) is 9.67 Å². The topological polar surface area (TPSA) is 81.7 Å². The Balaban J connectivity index is 1.29. The third-order valence-electron chi connectivity index (χ3n) is 5.96. The lowest BCUT2D eigenvalue weighted by Gasteiger charge is -2.32. The van der Waals surface area contributed by atoms with Crippen LogP contribution >= 0.6 is 0 Å². The summed E-state index contributed by atoms with van der Waals surface area (Å²) >= 11 is 0. The second-order valence-corrected chi connectivity index (χ2v) is 8.07. The number of alkyl halides is 3. The first-order valence-corrected chi connectivity index (χ1v) is 10.6. The van der Waals surface area contributed by atoms with Crippen LogP contribution in [0.25, 0.3) is 16.7 Å². The molecule has 1 saturated heterocycles. The van der Waals surface area contributed by atoms with Crippen molar-refractivity contribution in [2.75, 3.05) is 13.1 Å². The molecule has 0 atom stereocenters. The minimum absolute atomic E-state index is 0.0142. The molecule has 3 heterocycles. The molecule has 0 aliphatic carbocycles. The number of imidazole rings is 1. The van der Waals surface area contributed by atoms with Crippen LogP contribution in [0.1, 0.15) is 29.0 Å². The van der Waals surface area contributed by atoms with Crippen LogP contribution in [-0.4, -0.2) is 53.7 Å². The van der Waals surface area contributed by atoms with E-state index in [2.05, 4.69) is 20.5 Å². The largest absolute Gasteiger partial charge is 0.449 e. The number of piperidine rings is 1. The number of hydrogen-bond acceptors (Lipinski definition) is 5. The summed E-state index contributed by atoms with van der Waals surface area (Å²) in [5.41, 5.74) is 2.00.